The van der Waals surface area contributed by atoms with Crippen molar-refractivity contribution >= 4 is 0 Å². The predicted octanol–water partition coefficient (Wildman–Crippen LogP) is 2.00. The van der Waals surface area contributed by atoms with Crippen molar-refractivity contribution in [3.05, 3.63) is 0 Å². The van der Waals surface area contributed by atoms with E-state index in [1.54, 1.807) is 0 Å². The van der Waals surface area contributed by atoms with Crippen LogP contribution in [0.5, 0.6) is 0 Å². The number of nitrogens with one attached hydrogen (secondary N) is 1. The standard InChI is InChI=1S/C12H24N2/c1-2-4-10-14(9-3-1)11-5-6-12-7-8-13-12/h12-13H,1-11H2. The van der Waals surface area contributed by atoms with Crippen molar-refractivity contribution in [3.63, 3.8) is 0 Å². The van der Waals surface area contributed by atoms with Crippen LogP contribution in [0.15, 0.2) is 0 Å². The molecule has 2 fully saturated rings. The Hall–Kier alpha value is -0.0800. The quantitative estimate of drug-likeness (QED) is 0.740. The van der Waals surface area contributed by atoms with Gasteiger partial charge in [-0.3, -0.25) is 0 Å². The highest BCUT2D eigenvalue weighted by molar-refractivity contribution is 4.77. The second kappa shape index (κ2) is 5.72. The molecule has 0 saturated carbocycles. The molecule has 0 aliphatic carbocycles. The lowest BCUT2D eigenvalue weighted by Gasteiger charge is -2.28. The third-order valence-corrected chi connectivity index (χ3v) is 3.65. The third kappa shape index (κ3) is 3.25. The fourth-order valence-electron chi connectivity index (χ4n) is 2.52. The summed E-state index contributed by atoms with van der Waals surface area (Å²) < 4.78 is 0. The lowest BCUT2D eigenvalue weighted by atomic mass is 10.0. The molecule has 1 atom stereocenters. The van der Waals surface area contributed by atoms with Gasteiger partial charge >= 0.3 is 0 Å². The van der Waals surface area contributed by atoms with E-state index in [1.807, 2.05) is 0 Å². The van der Waals surface area contributed by atoms with Gasteiger partial charge < -0.3 is 10.2 Å². The van der Waals surface area contributed by atoms with Gasteiger partial charge in [-0.1, -0.05) is 12.8 Å². The zero-order chi connectivity index (χ0) is 9.64. The summed E-state index contributed by atoms with van der Waals surface area (Å²) in [6.07, 6.45) is 10.00. The first-order valence-corrected chi connectivity index (χ1v) is 6.41. The molecule has 0 aromatic carbocycles. The third-order valence-electron chi connectivity index (χ3n) is 3.65. The SMILES string of the molecule is C1CCCN(CCCC2CCN2)CC1. The Kier molecular flexibility index (Phi) is 4.26. The molecule has 0 aromatic rings. The molecule has 0 radical (unpaired) electrons. The normalized spacial score (nSPS) is 29.6. The van der Waals surface area contributed by atoms with Crippen molar-refractivity contribution in [2.45, 2.75) is 51.0 Å². The first-order valence-electron chi connectivity index (χ1n) is 6.41. The average Bonchev–Trinajstić information content (AvgIpc) is 2.37. The molecule has 2 heterocycles. The highest BCUT2D eigenvalue weighted by Gasteiger charge is 2.16. The summed E-state index contributed by atoms with van der Waals surface area (Å²) in [5.41, 5.74) is 0. The van der Waals surface area contributed by atoms with Crippen LogP contribution in [0.25, 0.3) is 0 Å². The van der Waals surface area contributed by atoms with Gasteiger partial charge in [-0.25, -0.2) is 0 Å². The van der Waals surface area contributed by atoms with Crippen LogP contribution in [0, 0.1) is 0 Å². The Morgan fingerprint density at radius 3 is 2.36 bits per heavy atom. The molecule has 2 aliphatic heterocycles. The molecule has 2 heteroatoms. The van der Waals surface area contributed by atoms with Crippen molar-refractivity contribution < 1.29 is 0 Å². The van der Waals surface area contributed by atoms with Gasteiger partial charge in [-0.05, 0) is 58.3 Å². The van der Waals surface area contributed by atoms with E-state index in [0.717, 1.165) is 6.04 Å². The Balaban J connectivity index is 1.54. The molecular weight excluding hydrogens is 172 g/mol. The molecule has 2 rings (SSSR count). The van der Waals surface area contributed by atoms with E-state index in [2.05, 4.69) is 10.2 Å². The lowest BCUT2D eigenvalue weighted by Crippen LogP contribution is -2.43. The maximum Gasteiger partial charge on any atom is 0.00796 e. The number of hydrogen-bond donors (Lipinski definition) is 1. The number of nitrogens with zero attached hydrogens (tertiary/aromatic N) is 1. The molecule has 0 aromatic heterocycles. The van der Waals surface area contributed by atoms with Crippen molar-refractivity contribution in [1.82, 2.24) is 10.2 Å². The van der Waals surface area contributed by atoms with Gasteiger partial charge in [0.1, 0.15) is 0 Å². The van der Waals surface area contributed by atoms with E-state index in [9.17, 15) is 0 Å². The zero-order valence-corrected chi connectivity index (χ0v) is 9.30. The van der Waals surface area contributed by atoms with Crippen LogP contribution in [0.2, 0.25) is 0 Å². The number of hydrogen-bond acceptors (Lipinski definition) is 2. The van der Waals surface area contributed by atoms with Crippen molar-refractivity contribution in [3.8, 4) is 0 Å². The second-order valence-corrected chi connectivity index (χ2v) is 4.84. The van der Waals surface area contributed by atoms with E-state index in [-0.39, 0.29) is 0 Å². The minimum Gasteiger partial charge on any atom is -0.314 e. The second-order valence-electron chi connectivity index (χ2n) is 4.84. The Morgan fingerprint density at radius 2 is 1.79 bits per heavy atom. The Bertz CT molecular complexity index is 146. The summed E-state index contributed by atoms with van der Waals surface area (Å²) in [4.78, 5) is 2.67. The van der Waals surface area contributed by atoms with Crippen molar-refractivity contribution in [1.29, 1.82) is 0 Å². The van der Waals surface area contributed by atoms with Crippen LogP contribution in [0.1, 0.15) is 44.9 Å². The molecular formula is C12H24N2. The van der Waals surface area contributed by atoms with E-state index < -0.39 is 0 Å². The predicted molar refractivity (Wildman–Crippen MR) is 60.5 cm³/mol. The van der Waals surface area contributed by atoms with Gasteiger partial charge in [-0.15, -0.1) is 0 Å². The zero-order valence-electron chi connectivity index (χ0n) is 9.30. The lowest BCUT2D eigenvalue weighted by molar-refractivity contribution is 0.260. The smallest absolute Gasteiger partial charge is 0.00796 e. The molecule has 0 amide bonds. The maximum absolute atomic E-state index is 3.48. The van der Waals surface area contributed by atoms with Gasteiger partial charge in [0.05, 0.1) is 0 Å². The fraction of sp³-hybridized carbons (Fsp3) is 1.00. The van der Waals surface area contributed by atoms with E-state index >= 15 is 0 Å². The van der Waals surface area contributed by atoms with Crippen molar-refractivity contribution in [2.24, 2.45) is 0 Å². The molecule has 2 nitrogen and oxygen atoms in total. The minimum absolute atomic E-state index is 0.863. The van der Waals surface area contributed by atoms with Gasteiger partial charge in [-0.2, -0.15) is 0 Å². The van der Waals surface area contributed by atoms with Crippen LogP contribution >= 0.6 is 0 Å². The minimum atomic E-state index is 0.863. The van der Waals surface area contributed by atoms with Crippen LogP contribution in [-0.2, 0) is 0 Å². The Labute approximate surface area is 88.1 Å². The van der Waals surface area contributed by atoms with E-state index in [1.165, 1.54) is 71.1 Å². The van der Waals surface area contributed by atoms with Gasteiger partial charge in [0.2, 0.25) is 0 Å². The number of rotatable bonds is 4. The number of likely N-dealkylation sites (tertiary alicyclic amines) is 1. The first kappa shape index (κ1) is 10.4. The monoisotopic (exact) mass is 196 g/mol. The van der Waals surface area contributed by atoms with Crippen LogP contribution in [0.4, 0.5) is 0 Å². The molecule has 0 bridgehead atoms. The molecule has 0 spiro atoms. The van der Waals surface area contributed by atoms with Crippen LogP contribution < -0.4 is 5.32 Å². The highest BCUT2D eigenvalue weighted by atomic mass is 15.1. The van der Waals surface area contributed by atoms with Crippen molar-refractivity contribution in [2.75, 3.05) is 26.2 Å². The van der Waals surface area contributed by atoms with Crippen LogP contribution in [-0.4, -0.2) is 37.1 Å². The molecule has 2 saturated heterocycles. The molecule has 14 heavy (non-hydrogen) atoms. The molecule has 82 valence electrons. The van der Waals surface area contributed by atoms with Crippen LogP contribution in [0.3, 0.4) is 0 Å². The van der Waals surface area contributed by atoms with Gasteiger partial charge in [0, 0.05) is 6.04 Å². The summed E-state index contributed by atoms with van der Waals surface area (Å²) in [7, 11) is 0. The summed E-state index contributed by atoms with van der Waals surface area (Å²) in [5.74, 6) is 0. The van der Waals surface area contributed by atoms with Gasteiger partial charge in [0.15, 0.2) is 0 Å². The summed E-state index contributed by atoms with van der Waals surface area (Å²) in [6, 6.07) is 0.863. The molecule has 1 N–H and O–H groups in total. The Morgan fingerprint density at radius 1 is 1.07 bits per heavy atom. The van der Waals surface area contributed by atoms with E-state index in [0.29, 0.717) is 0 Å². The molecule has 2 aliphatic rings. The summed E-state index contributed by atoms with van der Waals surface area (Å²) >= 11 is 0. The largest absolute Gasteiger partial charge is 0.314 e. The highest BCUT2D eigenvalue weighted by Crippen LogP contribution is 2.13. The summed E-state index contributed by atoms with van der Waals surface area (Å²) in [6.45, 7) is 5.32. The topological polar surface area (TPSA) is 15.3 Å². The first-order chi connectivity index (χ1) is 6.95. The summed E-state index contributed by atoms with van der Waals surface area (Å²) in [5, 5.41) is 3.48. The van der Waals surface area contributed by atoms with Gasteiger partial charge in [0.25, 0.3) is 0 Å². The average molecular weight is 196 g/mol. The van der Waals surface area contributed by atoms with E-state index in [4.69, 9.17) is 0 Å². The molecule has 1 unspecified atom stereocenters. The fourth-order valence-corrected chi connectivity index (χ4v) is 2.52. The maximum atomic E-state index is 3.48.